The summed E-state index contributed by atoms with van der Waals surface area (Å²) in [6, 6.07) is 0. The van der Waals surface area contributed by atoms with Crippen LogP contribution in [0.4, 0.5) is 0 Å². The van der Waals surface area contributed by atoms with Gasteiger partial charge in [-0.3, -0.25) is 4.79 Å². The van der Waals surface area contributed by atoms with Crippen LogP contribution in [-0.4, -0.2) is 37.0 Å². The van der Waals surface area contributed by atoms with Crippen molar-refractivity contribution in [3.8, 4) is 11.8 Å². The number of rotatable bonds is 3. The van der Waals surface area contributed by atoms with Crippen molar-refractivity contribution in [3.63, 3.8) is 0 Å². The van der Waals surface area contributed by atoms with E-state index in [4.69, 9.17) is 0 Å². The lowest BCUT2D eigenvalue weighted by molar-refractivity contribution is -0.115. The lowest BCUT2D eigenvalue weighted by atomic mass is 10.1. The first kappa shape index (κ1) is 11.1. The molecule has 0 atom stereocenters. The van der Waals surface area contributed by atoms with E-state index in [1.165, 1.54) is 32.4 Å². The van der Waals surface area contributed by atoms with Gasteiger partial charge in [-0.15, -0.1) is 0 Å². The predicted molar refractivity (Wildman–Crippen MR) is 56.8 cm³/mol. The van der Waals surface area contributed by atoms with E-state index in [9.17, 15) is 4.79 Å². The van der Waals surface area contributed by atoms with Gasteiger partial charge in [-0.05, 0) is 38.8 Å². The van der Waals surface area contributed by atoms with E-state index in [0.29, 0.717) is 6.54 Å². The van der Waals surface area contributed by atoms with E-state index in [2.05, 4.69) is 22.1 Å². The SMILES string of the molecule is CC#CC(=O)NCCN1CCCCC1. The molecule has 0 aliphatic carbocycles. The van der Waals surface area contributed by atoms with Crippen LogP contribution in [0.2, 0.25) is 0 Å². The number of nitrogens with one attached hydrogen (secondary N) is 1. The molecule has 1 N–H and O–H groups in total. The third-order valence-electron chi connectivity index (χ3n) is 2.40. The summed E-state index contributed by atoms with van der Waals surface area (Å²) in [4.78, 5) is 13.4. The smallest absolute Gasteiger partial charge is 0.295 e. The van der Waals surface area contributed by atoms with Gasteiger partial charge in [-0.2, -0.15) is 0 Å². The van der Waals surface area contributed by atoms with E-state index < -0.39 is 0 Å². The highest BCUT2D eigenvalue weighted by Crippen LogP contribution is 2.06. The Kier molecular flexibility index (Phi) is 5.09. The number of nitrogens with zero attached hydrogens (tertiary/aromatic N) is 1. The molecule has 0 aromatic rings. The second kappa shape index (κ2) is 6.44. The molecular weight excluding hydrogens is 176 g/mol. The van der Waals surface area contributed by atoms with Gasteiger partial charge < -0.3 is 10.2 Å². The average Bonchev–Trinajstić information content (AvgIpc) is 2.20. The van der Waals surface area contributed by atoms with E-state index in [1.54, 1.807) is 6.92 Å². The minimum Gasteiger partial charge on any atom is -0.344 e. The summed E-state index contributed by atoms with van der Waals surface area (Å²) in [6.45, 7) is 5.69. The Bertz CT molecular complexity index is 233. The fraction of sp³-hybridized carbons (Fsp3) is 0.727. The van der Waals surface area contributed by atoms with Crippen LogP contribution in [-0.2, 0) is 4.79 Å². The molecule has 78 valence electrons. The molecule has 1 aliphatic rings. The highest BCUT2D eigenvalue weighted by Gasteiger charge is 2.08. The van der Waals surface area contributed by atoms with Gasteiger partial charge in [-0.25, -0.2) is 0 Å². The molecule has 1 heterocycles. The standard InChI is InChI=1S/C11H18N2O/c1-2-6-11(14)12-7-10-13-8-4-3-5-9-13/h3-5,7-10H2,1H3,(H,12,14). The van der Waals surface area contributed by atoms with Gasteiger partial charge >= 0.3 is 0 Å². The second-order valence-corrected chi connectivity index (χ2v) is 3.53. The van der Waals surface area contributed by atoms with Gasteiger partial charge in [0.25, 0.3) is 5.91 Å². The minimum atomic E-state index is -0.162. The number of hydrogen-bond donors (Lipinski definition) is 1. The van der Waals surface area contributed by atoms with Gasteiger partial charge in [-0.1, -0.05) is 12.3 Å². The zero-order chi connectivity index (χ0) is 10.2. The molecule has 0 radical (unpaired) electrons. The van der Waals surface area contributed by atoms with Crippen LogP contribution < -0.4 is 5.32 Å². The van der Waals surface area contributed by atoms with Crippen LogP contribution in [0, 0.1) is 11.8 Å². The molecular formula is C11H18N2O. The predicted octanol–water partition coefficient (Wildman–Crippen LogP) is 0.612. The summed E-state index contributed by atoms with van der Waals surface area (Å²) in [5, 5.41) is 2.78. The number of piperidine rings is 1. The molecule has 1 rings (SSSR count). The molecule has 0 saturated carbocycles. The third-order valence-corrected chi connectivity index (χ3v) is 2.40. The van der Waals surface area contributed by atoms with Crippen molar-refractivity contribution in [2.24, 2.45) is 0 Å². The van der Waals surface area contributed by atoms with Crippen molar-refractivity contribution in [1.29, 1.82) is 0 Å². The monoisotopic (exact) mass is 194 g/mol. The Hall–Kier alpha value is -1.01. The number of carbonyl (C=O) groups is 1. The molecule has 0 aromatic carbocycles. The molecule has 1 saturated heterocycles. The summed E-state index contributed by atoms with van der Waals surface area (Å²) in [5.74, 6) is 4.88. The average molecular weight is 194 g/mol. The first-order valence-electron chi connectivity index (χ1n) is 5.26. The van der Waals surface area contributed by atoms with Crippen molar-refractivity contribution in [1.82, 2.24) is 10.2 Å². The number of amides is 1. The highest BCUT2D eigenvalue weighted by atomic mass is 16.1. The molecule has 3 heteroatoms. The van der Waals surface area contributed by atoms with E-state index in [1.807, 2.05) is 0 Å². The van der Waals surface area contributed by atoms with Crippen LogP contribution in [0.3, 0.4) is 0 Å². The zero-order valence-corrected chi connectivity index (χ0v) is 8.81. The van der Waals surface area contributed by atoms with E-state index in [0.717, 1.165) is 6.54 Å². The highest BCUT2D eigenvalue weighted by molar-refractivity contribution is 5.93. The third kappa shape index (κ3) is 4.29. The lowest BCUT2D eigenvalue weighted by Gasteiger charge is -2.26. The summed E-state index contributed by atoms with van der Waals surface area (Å²) in [7, 11) is 0. The van der Waals surface area contributed by atoms with Crippen molar-refractivity contribution >= 4 is 5.91 Å². The van der Waals surface area contributed by atoms with Crippen molar-refractivity contribution in [2.75, 3.05) is 26.2 Å². The fourth-order valence-corrected chi connectivity index (χ4v) is 1.67. The maximum atomic E-state index is 11.0. The number of carbonyl (C=O) groups excluding carboxylic acids is 1. The van der Waals surface area contributed by atoms with Crippen LogP contribution in [0.25, 0.3) is 0 Å². The Morgan fingerprint density at radius 2 is 2.07 bits per heavy atom. The van der Waals surface area contributed by atoms with E-state index in [-0.39, 0.29) is 5.91 Å². The minimum absolute atomic E-state index is 0.162. The molecule has 0 spiro atoms. The zero-order valence-electron chi connectivity index (χ0n) is 8.81. The van der Waals surface area contributed by atoms with Crippen molar-refractivity contribution < 1.29 is 4.79 Å². The van der Waals surface area contributed by atoms with Crippen LogP contribution in [0.15, 0.2) is 0 Å². The Morgan fingerprint density at radius 3 is 2.71 bits per heavy atom. The summed E-state index contributed by atoms with van der Waals surface area (Å²) >= 11 is 0. The fourth-order valence-electron chi connectivity index (χ4n) is 1.67. The van der Waals surface area contributed by atoms with Gasteiger partial charge in [0.05, 0.1) is 0 Å². The molecule has 3 nitrogen and oxygen atoms in total. The quantitative estimate of drug-likeness (QED) is 0.668. The van der Waals surface area contributed by atoms with Crippen molar-refractivity contribution in [3.05, 3.63) is 0 Å². The summed E-state index contributed by atoms with van der Waals surface area (Å²) in [6.07, 6.45) is 3.94. The van der Waals surface area contributed by atoms with Crippen LogP contribution in [0.5, 0.6) is 0 Å². The van der Waals surface area contributed by atoms with Gasteiger partial charge in [0.15, 0.2) is 0 Å². The molecule has 14 heavy (non-hydrogen) atoms. The molecule has 0 aromatic heterocycles. The van der Waals surface area contributed by atoms with Gasteiger partial charge in [0, 0.05) is 13.1 Å². The van der Waals surface area contributed by atoms with Gasteiger partial charge in [0.1, 0.15) is 0 Å². The van der Waals surface area contributed by atoms with Crippen LogP contribution >= 0.6 is 0 Å². The molecule has 1 aliphatic heterocycles. The molecule has 1 fully saturated rings. The largest absolute Gasteiger partial charge is 0.344 e. The first-order chi connectivity index (χ1) is 6.83. The van der Waals surface area contributed by atoms with Crippen molar-refractivity contribution in [2.45, 2.75) is 26.2 Å². The van der Waals surface area contributed by atoms with Gasteiger partial charge in [0.2, 0.25) is 0 Å². The lowest BCUT2D eigenvalue weighted by Crippen LogP contribution is -2.37. The van der Waals surface area contributed by atoms with E-state index >= 15 is 0 Å². The summed E-state index contributed by atoms with van der Waals surface area (Å²) in [5.41, 5.74) is 0. The normalized spacial score (nSPS) is 16.9. The first-order valence-corrected chi connectivity index (χ1v) is 5.26. The molecule has 0 bridgehead atoms. The molecule has 1 amide bonds. The Labute approximate surface area is 85.9 Å². The van der Waals surface area contributed by atoms with Crippen LogP contribution in [0.1, 0.15) is 26.2 Å². The topological polar surface area (TPSA) is 32.3 Å². The Balaban J connectivity index is 2.07. The molecule has 0 unspecified atom stereocenters. The maximum absolute atomic E-state index is 11.0. The maximum Gasteiger partial charge on any atom is 0.295 e. The Morgan fingerprint density at radius 1 is 1.36 bits per heavy atom. The number of hydrogen-bond acceptors (Lipinski definition) is 2. The number of likely N-dealkylation sites (tertiary alicyclic amines) is 1. The summed E-state index contributed by atoms with van der Waals surface area (Å²) < 4.78 is 0. The second-order valence-electron chi connectivity index (χ2n) is 3.53.